The molecule has 1 aromatic carbocycles. The zero-order chi connectivity index (χ0) is 19.9. The van der Waals surface area contributed by atoms with Crippen LogP contribution in [0, 0.1) is 16.7 Å². The van der Waals surface area contributed by atoms with Gasteiger partial charge in [-0.3, -0.25) is 4.68 Å². The SMILES string of the molecule is N#Cc1ccccc1CNc1nc(Nc2cnn(CC(F)F)c2)ncc1C=N. The van der Waals surface area contributed by atoms with Gasteiger partial charge >= 0.3 is 0 Å². The molecule has 0 aliphatic heterocycles. The number of hydrogen-bond donors (Lipinski definition) is 3. The van der Waals surface area contributed by atoms with E-state index in [1.54, 1.807) is 12.1 Å². The number of anilines is 3. The highest BCUT2D eigenvalue weighted by atomic mass is 19.3. The summed E-state index contributed by atoms with van der Waals surface area (Å²) < 4.78 is 26.0. The van der Waals surface area contributed by atoms with Gasteiger partial charge in [0.15, 0.2) is 0 Å². The van der Waals surface area contributed by atoms with Gasteiger partial charge in [-0.1, -0.05) is 18.2 Å². The molecule has 0 aliphatic rings. The minimum Gasteiger partial charge on any atom is -0.365 e. The summed E-state index contributed by atoms with van der Waals surface area (Å²) in [4.78, 5) is 8.44. The number of aromatic nitrogens is 4. The van der Waals surface area contributed by atoms with E-state index in [-0.39, 0.29) is 5.95 Å². The van der Waals surface area contributed by atoms with E-state index in [1.165, 1.54) is 18.6 Å². The highest BCUT2D eigenvalue weighted by Crippen LogP contribution is 2.18. The normalized spacial score (nSPS) is 10.5. The molecule has 0 bridgehead atoms. The first-order chi connectivity index (χ1) is 13.6. The van der Waals surface area contributed by atoms with Crippen molar-refractivity contribution in [2.75, 3.05) is 10.6 Å². The predicted octanol–water partition coefficient (Wildman–Crippen LogP) is 3.16. The van der Waals surface area contributed by atoms with Crippen molar-refractivity contribution >= 4 is 23.7 Å². The van der Waals surface area contributed by atoms with Crippen LogP contribution in [0.1, 0.15) is 16.7 Å². The van der Waals surface area contributed by atoms with Crippen molar-refractivity contribution in [2.24, 2.45) is 0 Å². The smallest absolute Gasteiger partial charge is 0.257 e. The monoisotopic (exact) mass is 382 g/mol. The number of nitrogens with zero attached hydrogens (tertiary/aromatic N) is 5. The third-order valence-corrected chi connectivity index (χ3v) is 3.77. The second kappa shape index (κ2) is 8.68. The molecule has 0 aliphatic carbocycles. The van der Waals surface area contributed by atoms with Gasteiger partial charge in [-0.15, -0.1) is 0 Å². The number of halogens is 2. The lowest BCUT2D eigenvalue weighted by Gasteiger charge is -2.11. The molecule has 0 spiro atoms. The van der Waals surface area contributed by atoms with E-state index in [0.29, 0.717) is 29.2 Å². The van der Waals surface area contributed by atoms with E-state index >= 15 is 0 Å². The molecule has 10 heteroatoms. The van der Waals surface area contributed by atoms with Gasteiger partial charge in [0.05, 0.1) is 29.1 Å². The third kappa shape index (κ3) is 4.64. The van der Waals surface area contributed by atoms with E-state index in [2.05, 4.69) is 31.8 Å². The molecule has 3 N–H and O–H groups in total. The maximum absolute atomic E-state index is 12.4. The van der Waals surface area contributed by atoms with Crippen LogP contribution in [0.3, 0.4) is 0 Å². The molecule has 0 amide bonds. The first-order valence-corrected chi connectivity index (χ1v) is 8.26. The van der Waals surface area contributed by atoms with Crippen molar-refractivity contribution in [1.82, 2.24) is 19.7 Å². The molecular formula is C18H16F2N8. The van der Waals surface area contributed by atoms with Gasteiger partial charge in [0.25, 0.3) is 6.43 Å². The molecule has 0 saturated carbocycles. The summed E-state index contributed by atoms with van der Waals surface area (Å²) in [6.45, 7) is -0.159. The Bertz CT molecular complexity index is 1010. The largest absolute Gasteiger partial charge is 0.365 e. The van der Waals surface area contributed by atoms with Crippen LogP contribution in [0.15, 0.2) is 42.9 Å². The molecule has 0 unspecified atom stereocenters. The molecule has 2 heterocycles. The van der Waals surface area contributed by atoms with Crippen molar-refractivity contribution in [1.29, 1.82) is 10.7 Å². The first kappa shape index (κ1) is 18.9. The van der Waals surface area contributed by atoms with Crippen LogP contribution < -0.4 is 10.6 Å². The Labute approximate surface area is 159 Å². The van der Waals surface area contributed by atoms with Crippen LogP contribution in [0.2, 0.25) is 0 Å². The molecule has 8 nitrogen and oxygen atoms in total. The van der Waals surface area contributed by atoms with Gasteiger partial charge in [0.2, 0.25) is 5.95 Å². The lowest BCUT2D eigenvalue weighted by molar-refractivity contribution is 0.122. The molecule has 3 rings (SSSR count). The standard InChI is InChI=1S/C18H16F2N8/c19-16(20)11-28-10-15(9-25-28)26-18-24-8-14(6-22)17(27-18)23-7-13-4-2-1-3-12(13)5-21/h1-4,6,8-10,16,22H,7,11H2,(H2,23,24,26,27). The molecule has 0 radical (unpaired) electrons. The summed E-state index contributed by atoms with van der Waals surface area (Å²) in [6.07, 6.45) is 2.90. The zero-order valence-electron chi connectivity index (χ0n) is 14.6. The average molecular weight is 382 g/mol. The summed E-state index contributed by atoms with van der Waals surface area (Å²) in [5.74, 6) is 0.624. The lowest BCUT2D eigenvalue weighted by atomic mass is 10.1. The van der Waals surface area contributed by atoms with Gasteiger partial charge in [-0.2, -0.15) is 15.3 Å². The number of rotatable bonds is 8. The molecule has 0 fully saturated rings. The fourth-order valence-corrected chi connectivity index (χ4v) is 2.46. The Morgan fingerprint density at radius 2 is 2.11 bits per heavy atom. The topological polar surface area (TPSA) is 115 Å². The van der Waals surface area contributed by atoms with E-state index in [9.17, 15) is 14.0 Å². The van der Waals surface area contributed by atoms with Gasteiger partial charge in [0, 0.05) is 25.2 Å². The molecule has 0 saturated heterocycles. The van der Waals surface area contributed by atoms with Gasteiger partial charge < -0.3 is 16.0 Å². The van der Waals surface area contributed by atoms with Crippen molar-refractivity contribution < 1.29 is 8.78 Å². The highest BCUT2D eigenvalue weighted by Gasteiger charge is 2.10. The first-order valence-electron chi connectivity index (χ1n) is 8.26. The van der Waals surface area contributed by atoms with Crippen molar-refractivity contribution in [3.05, 3.63) is 59.5 Å². The number of nitriles is 1. The van der Waals surface area contributed by atoms with Crippen LogP contribution >= 0.6 is 0 Å². The summed E-state index contributed by atoms with van der Waals surface area (Å²) in [5.41, 5.74) is 2.27. The maximum Gasteiger partial charge on any atom is 0.257 e. The fourth-order valence-electron chi connectivity index (χ4n) is 2.46. The Morgan fingerprint density at radius 1 is 1.29 bits per heavy atom. The summed E-state index contributed by atoms with van der Waals surface area (Å²) in [5, 5.41) is 26.5. The van der Waals surface area contributed by atoms with Crippen LogP contribution in [-0.4, -0.2) is 32.4 Å². The van der Waals surface area contributed by atoms with Gasteiger partial charge in [-0.05, 0) is 11.6 Å². The Hall–Kier alpha value is -3.87. The number of nitrogens with one attached hydrogen (secondary N) is 3. The van der Waals surface area contributed by atoms with Crippen molar-refractivity contribution in [3.63, 3.8) is 0 Å². The van der Waals surface area contributed by atoms with Gasteiger partial charge in [0.1, 0.15) is 12.4 Å². The van der Waals surface area contributed by atoms with Crippen LogP contribution in [0.5, 0.6) is 0 Å². The Kier molecular flexibility index (Phi) is 5.86. The molecule has 2 aromatic heterocycles. The fraction of sp³-hybridized carbons (Fsp3) is 0.167. The van der Waals surface area contributed by atoms with E-state index in [4.69, 9.17) is 5.41 Å². The zero-order valence-corrected chi connectivity index (χ0v) is 14.6. The summed E-state index contributed by atoms with van der Waals surface area (Å²) in [7, 11) is 0. The van der Waals surface area contributed by atoms with Crippen LogP contribution in [-0.2, 0) is 13.1 Å². The van der Waals surface area contributed by atoms with E-state index in [0.717, 1.165) is 16.5 Å². The number of alkyl halides is 2. The average Bonchev–Trinajstić information content (AvgIpc) is 3.12. The van der Waals surface area contributed by atoms with Crippen molar-refractivity contribution in [3.8, 4) is 6.07 Å². The predicted molar refractivity (Wildman–Crippen MR) is 99.9 cm³/mol. The molecule has 142 valence electrons. The summed E-state index contributed by atoms with van der Waals surface area (Å²) in [6, 6.07) is 9.29. The van der Waals surface area contributed by atoms with E-state index < -0.39 is 13.0 Å². The van der Waals surface area contributed by atoms with Crippen LogP contribution in [0.25, 0.3) is 0 Å². The maximum atomic E-state index is 12.4. The van der Waals surface area contributed by atoms with E-state index in [1.807, 2.05) is 12.1 Å². The Morgan fingerprint density at radius 3 is 2.86 bits per heavy atom. The van der Waals surface area contributed by atoms with Gasteiger partial charge in [-0.25, -0.2) is 13.8 Å². The van der Waals surface area contributed by atoms with Crippen molar-refractivity contribution in [2.45, 2.75) is 19.5 Å². The molecule has 0 atom stereocenters. The second-order valence-corrected chi connectivity index (χ2v) is 5.73. The minimum atomic E-state index is -2.50. The summed E-state index contributed by atoms with van der Waals surface area (Å²) >= 11 is 0. The number of benzene rings is 1. The quantitative estimate of drug-likeness (QED) is 0.516. The highest BCUT2D eigenvalue weighted by molar-refractivity contribution is 5.84. The van der Waals surface area contributed by atoms with Crippen LogP contribution in [0.4, 0.5) is 26.2 Å². The molecule has 28 heavy (non-hydrogen) atoms. The molecular weight excluding hydrogens is 366 g/mol. The Balaban J connectivity index is 1.75. The number of hydrogen-bond acceptors (Lipinski definition) is 7. The molecule has 3 aromatic rings. The third-order valence-electron chi connectivity index (χ3n) is 3.77. The lowest BCUT2D eigenvalue weighted by Crippen LogP contribution is -2.08. The minimum absolute atomic E-state index is 0.221. The second-order valence-electron chi connectivity index (χ2n) is 5.73.